The van der Waals surface area contributed by atoms with Crippen molar-refractivity contribution >= 4 is 11.8 Å². The molecule has 0 saturated carbocycles. The molecule has 0 unspecified atom stereocenters. The van der Waals surface area contributed by atoms with Crippen LogP contribution in [0.5, 0.6) is 0 Å². The van der Waals surface area contributed by atoms with Crippen LogP contribution in [-0.4, -0.2) is 63.8 Å². The molecule has 0 atom stereocenters. The van der Waals surface area contributed by atoms with E-state index in [1.165, 1.54) is 5.56 Å². The molecule has 144 valence electrons. The highest BCUT2D eigenvalue weighted by Gasteiger charge is 2.22. The summed E-state index contributed by atoms with van der Waals surface area (Å²) in [4.78, 5) is 25.9. The van der Waals surface area contributed by atoms with Crippen LogP contribution in [0.15, 0.2) is 24.3 Å². The Balaban J connectivity index is 1.76. The second-order valence-electron chi connectivity index (χ2n) is 6.72. The van der Waals surface area contributed by atoms with Crippen molar-refractivity contribution in [3.63, 3.8) is 0 Å². The number of nitrogens with zero attached hydrogens (tertiary/aromatic N) is 1. The Morgan fingerprint density at radius 3 is 2.35 bits per heavy atom. The fraction of sp³-hybridized carbons (Fsp3) is 0.600. The van der Waals surface area contributed by atoms with Gasteiger partial charge in [-0.2, -0.15) is 0 Å². The molecule has 0 aliphatic carbocycles. The summed E-state index contributed by atoms with van der Waals surface area (Å²) in [6.45, 7) is 3.17. The molecule has 6 heteroatoms. The molecule has 2 rings (SSSR count). The number of amides is 2. The molecule has 2 amide bonds. The number of piperidine rings is 1. The Kier molecular flexibility index (Phi) is 8.58. The Labute approximate surface area is 155 Å². The molecule has 0 spiro atoms. The van der Waals surface area contributed by atoms with Crippen LogP contribution in [0, 0.1) is 5.92 Å². The van der Waals surface area contributed by atoms with E-state index in [4.69, 9.17) is 9.47 Å². The van der Waals surface area contributed by atoms with Gasteiger partial charge in [-0.1, -0.05) is 12.1 Å². The van der Waals surface area contributed by atoms with E-state index in [9.17, 15) is 9.59 Å². The first-order valence-electron chi connectivity index (χ1n) is 9.26. The number of hydrogen-bond acceptors (Lipinski definition) is 4. The van der Waals surface area contributed by atoms with Crippen LogP contribution in [0.4, 0.5) is 0 Å². The molecule has 1 saturated heterocycles. The van der Waals surface area contributed by atoms with Crippen molar-refractivity contribution in [3.8, 4) is 0 Å². The number of carbonyl (C=O) groups excluding carboxylic acids is 2. The molecule has 1 aromatic carbocycles. The summed E-state index contributed by atoms with van der Waals surface area (Å²) < 4.78 is 9.90. The van der Waals surface area contributed by atoms with Crippen molar-refractivity contribution in [1.82, 2.24) is 10.2 Å². The third kappa shape index (κ3) is 6.42. The molecule has 0 aromatic heterocycles. The minimum absolute atomic E-state index is 0.0727. The average Bonchev–Trinajstić information content (AvgIpc) is 2.67. The lowest BCUT2D eigenvalue weighted by Gasteiger charge is -2.32. The van der Waals surface area contributed by atoms with Gasteiger partial charge >= 0.3 is 0 Å². The van der Waals surface area contributed by atoms with E-state index in [-0.39, 0.29) is 11.8 Å². The summed E-state index contributed by atoms with van der Waals surface area (Å²) in [5, 5.41) is 2.82. The lowest BCUT2D eigenvalue weighted by Crippen LogP contribution is -2.39. The highest BCUT2D eigenvalue weighted by atomic mass is 16.5. The van der Waals surface area contributed by atoms with Gasteiger partial charge in [0.25, 0.3) is 5.91 Å². The number of rotatable bonds is 9. The van der Waals surface area contributed by atoms with Gasteiger partial charge in [0.2, 0.25) is 5.91 Å². The summed E-state index contributed by atoms with van der Waals surface area (Å²) in [5.41, 5.74) is 1.91. The van der Waals surface area contributed by atoms with E-state index in [0.29, 0.717) is 37.7 Å². The van der Waals surface area contributed by atoms with Crippen molar-refractivity contribution < 1.29 is 19.1 Å². The minimum Gasteiger partial charge on any atom is -0.384 e. The molecule has 1 heterocycles. The molecule has 1 aromatic rings. The summed E-state index contributed by atoms with van der Waals surface area (Å²) in [6, 6.07) is 7.81. The molecule has 1 aliphatic heterocycles. The second-order valence-corrected chi connectivity index (χ2v) is 6.72. The average molecular weight is 362 g/mol. The third-order valence-corrected chi connectivity index (χ3v) is 4.82. The van der Waals surface area contributed by atoms with E-state index in [0.717, 1.165) is 32.4 Å². The van der Waals surface area contributed by atoms with Crippen LogP contribution in [-0.2, 0) is 20.7 Å². The molecule has 1 aliphatic rings. The van der Waals surface area contributed by atoms with Gasteiger partial charge in [0.05, 0.1) is 19.6 Å². The lowest BCUT2D eigenvalue weighted by molar-refractivity contribution is -0.133. The summed E-state index contributed by atoms with van der Waals surface area (Å²) in [5.74, 6) is 0.702. The van der Waals surface area contributed by atoms with Gasteiger partial charge in [-0.05, 0) is 42.9 Å². The zero-order valence-corrected chi connectivity index (χ0v) is 15.8. The van der Waals surface area contributed by atoms with Gasteiger partial charge in [-0.3, -0.25) is 9.59 Å². The quantitative estimate of drug-likeness (QED) is 0.681. The molecule has 1 fully saturated rings. The van der Waals surface area contributed by atoms with Crippen LogP contribution in [0.2, 0.25) is 0 Å². The van der Waals surface area contributed by atoms with Gasteiger partial charge in [0.1, 0.15) is 0 Å². The minimum atomic E-state index is -0.0727. The summed E-state index contributed by atoms with van der Waals surface area (Å²) in [7, 11) is 3.23. The highest BCUT2D eigenvalue weighted by Crippen LogP contribution is 2.22. The number of nitrogens with one attached hydrogen (secondary N) is 1. The van der Waals surface area contributed by atoms with Crippen LogP contribution in [0.25, 0.3) is 0 Å². The highest BCUT2D eigenvalue weighted by molar-refractivity contribution is 5.94. The zero-order valence-electron chi connectivity index (χ0n) is 15.8. The molecular formula is C20H30N2O4. The van der Waals surface area contributed by atoms with Gasteiger partial charge in [0.15, 0.2) is 0 Å². The molecule has 0 bridgehead atoms. The predicted molar refractivity (Wildman–Crippen MR) is 100 cm³/mol. The maximum Gasteiger partial charge on any atom is 0.251 e. The van der Waals surface area contributed by atoms with E-state index >= 15 is 0 Å². The Morgan fingerprint density at radius 1 is 1.08 bits per heavy atom. The lowest BCUT2D eigenvalue weighted by atomic mass is 9.90. The van der Waals surface area contributed by atoms with E-state index < -0.39 is 0 Å². The Morgan fingerprint density at radius 2 is 1.73 bits per heavy atom. The standard InChI is InChI=1S/C20H30N2O4/c1-25-13-9-19(23)22-11-7-17(8-12-22)15-16-3-5-18(6-4-16)20(24)21-10-14-26-2/h3-6,17H,7-15H2,1-2H3,(H,21,24). The summed E-state index contributed by atoms with van der Waals surface area (Å²) >= 11 is 0. The fourth-order valence-electron chi connectivity index (χ4n) is 3.23. The first-order valence-corrected chi connectivity index (χ1v) is 9.26. The number of carbonyl (C=O) groups is 2. The normalized spacial score (nSPS) is 15.1. The van der Waals surface area contributed by atoms with Crippen LogP contribution < -0.4 is 5.32 Å². The first-order chi connectivity index (χ1) is 12.6. The number of methoxy groups -OCH3 is 2. The van der Waals surface area contributed by atoms with Gasteiger partial charge < -0.3 is 19.7 Å². The first kappa shape index (κ1) is 20.4. The van der Waals surface area contributed by atoms with E-state index in [2.05, 4.69) is 5.32 Å². The zero-order chi connectivity index (χ0) is 18.8. The number of benzene rings is 1. The maximum absolute atomic E-state index is 12.0. The largest absolute Gasteiger partial charge is 0.384 e. The van der Waals surface area contributed by atoms with Gasteiger partial charge in [0, 0.05) is 39.4 Å². The van der Waals surface area contributed by atoms with Crippen molar-refractivity contribution in [1.29, 1.82) is 0 Å². The molecular weight excluding hydrogens is 332 g/mol. The Hall–Kier alpha value is -1.92. The summed E-state index contributed by atoms with van der Waals surface area (Å²) in [6.07, 6.45) is 3.51. The fourth-order valence-corrected chi connectivity index (χ4v) is 3.23. The molecule has 6 nitrogen and oxygen atoms in total. The topological polar surface area (TPSA) is 67.9 Å². The van der Waals surface area contributed by atoms with Gasteiger partial charge in [-0.15, -0.1) is 0 Å². The Bertz CT molecular complexity index is 566. The SMILES string of the molecule is COCCNC(=O)c1ccc(CC2CCN(C(=O)CCOC)CC2)cc1. The predicted octanol–water partition coefficient (Wildman–Crippen LogP) is 1.88. The van der Waals surface area contributed by atoms with Crippen molar-refractivity contribution in [2.75, 3.05) is 47.1 Å². The van der Waals surface area contributed by atoms with Crippen LogP contribution >= 0.6 is 0 Å². The van der Waals surface area contributed by atoms with Crippen LogP contribution in [0.3, 0.4) is 0 Å². The van der Waals surface area contributed by atoms with Crippen molar-refractivity contribution in [2.45, 2.75) is 25.7 Å². The molecule has 1 N–H and O–H groups in total. The number of likely N-dealkylation sites (tertiary alicyclic amines) is 1. The number of ether oxygens (including phenoxy) is 2. The van der Waals surface area contributed by atoms with Crippen LogP contribution in [0.1, 0.15) is 35.2 Å². The van der Waals surface area contributed by atoms with E-state index in [1.54, 1.807) is 14.2 Å². The van der Waals surface area contributed by atoms with E-state index in [1.807, 2.05) is 29.2 Å². The number of hydrogen-bond donors (Lipinski definition) is 1. The second kappa shape index (κ2) is 10.9. The molecule has 26 heavy (non-hydrogen) atoms. The van der Waals surface area contributed by atoms with Gasteiger partial charge in [-0.25, -0.2) is 0 Å². The third-order valence-electron chi connectivity index (χ3n) is 4.82. The smallest absolute Gasteiger partial charge is 0.251 e. The van der Waals surface area contributed by atoms with Crippen molar-refractivity contribution in [2.24, 2.45) is 5.92 Å². The molecule has 0 radical (unpaired) electrons. The monoisotopic (exact) mass is 362 g/mol. The maximum atomic E-state index is 12.0. The van der Waals surface area contributed by atoms with Crippen molar-refractivity contribution in [3.05, 3.63) is 35.4 Å².